The predicted octanol–water partition coefficient (Wildman–Crippen LogP) is 5.51. The Kier molecular flexibility index (Phi) is 21.9. The van der Waals surface area contributed by atoms with Crippen molar-refractivity contribution in [2.45, 2.75) is 96.8 Å². The van der Waals surface area contributed by atoms with Crippen molar-refractivity contribution in [3.8, 4) is 0 Å². The van der Waals surface area contributed by atoms with Gasteiger partial charge in [-0.3, -0.25) is 0 Å². The van der Waals surface area contributed by atoms with E-state index in [0.29, 0.717) is 6.61 Å². The fourth-order valence-electron chi connectivity index (χ4n) is 2.46. The molecule has 0 fully saturated rings. The molecule has 0 saturated heterocycles. The molecule has 0 aliphatic heterocycles. The van der Waals surface area contributed by atoms with Crippen LogP contribution in [-0.4, -0.2) is 36.7 Å². The molecule has 0 atom stereocenters. The van der Waals surface area contributed by atoms with Crippen LogP contribution in [0.4, 0.5) is 4.79 Å². The normalized spacial score (nSPS) is 10.1. The number of ether oxygens (including phenoxy) is 1. The van der Waals surface area contributed by atoms with Gasteiger partial charge in [-0.25, -0.2) is 4.79 Å². The fraction of sp³-hybridized carbons (Fsp3) is 0.941. The van der Waals surface area contributed by atoms with Crippen molar-refractivity contribution in [3.05, 3.63) is 0 Å². The molecule has 1 N–H and O–H groups in total. The maximum absolute atomic E-state index is 10.1. The van der Waals surface area contributed by atoms with E-state index in [0.717, 1.165) is 12.8 Å². The van der Waals surface area contributed by atoms with E-state index in [-0.39, 0.29) is 18.9 Å². The van der Waals surface area contributed by atoms with Crippen LogP contribution in [0.1, 0.15) is 96.8 Å². The molecule has 0 radical (unpaired) electrons. The second-order valence-electron chi connectivity index (χ2n) is 5.71. The first-order valence-corrected chi connectivity index (χ1v) is 8.63. The summed E-state index contributed by atoms with van der Waals surface area (Å²) in [6.07, 6.45) is 17.2. The quantitative estimate of drug-likeness (QED) is 0.246. The summed E-state index contributed by atoms with van der Waals surface area (Å²) in [5.74, 6) is 0. The summed E-state index contributed by atoms with van der Waals surface area (Å²) >= 11 is 0. The van der Waals surface area contributed by atoms with Gasteiger partial charge < -0.3 is 9.84 Å². The average molecular weight is 294 g/mol. The number of hydrogen-bond donors (Lipinski definition) is 1. The van der Waals surface area contributed by atoms with Crippen LogP contribution in [0, 0.1) is 0 Å². The standard InChI is InChI=1S/C17H34O3.Li.H/c1-2-3-4-5-6-7-8-9-10-11-12-13-14-15-16-20-17(18)19;;/h2-16H2,1H3,(H,18,19);;. The van der Waals surface area contributed by atoms with E-state index in [1.807, 2.05) is 0 Å². The van der Waals surface area contributed by atoms with Crippen LogP contribution >= 0.6 is 0 Å². The number of unbranched alkanes of at least 4 members (excludes halogenated alkanes) is 13. The van der Waals surface area contributed by atoms with E-state index < -0.39 is 6.16 Å². The van der Waals surface area contributed by atoms with Gasteiger partial charge in [0.15, 0.2) is 0 Å². The summed E-state index contributed by atoms with van der Waals surface area (Å²) in [6.45, 7) is 2.62. The van der Waals surface area contributed by atoms with Crippen LogP contribution in [0.15, 0.2) is 0 Å². The van der Waals surface area contributed by atoms with Gasteiger partial charge in [-0.05, 0) is 6.42 Å². The van der Waals surface area contributed by atoms with Gasteiger partial charge in [0.1, 0.15) is 0 Å². The van der Waals surface area contributed by atoms with Crippen molar-refractivity contribution in [2.75, 3.05) is 6.61 Å². The zero-order valence-corrected chi connectivity index (χ0v) is 13.4. The average Bonchev–Trinajstić information content (AvgIpc) is 2.43. The van der Waals surface area contributed by atoms with Crippen LogP contribution in [0.2, 0.25) is 0 Å². The first-order chi connectivity index (χ1) is 9.77. The van der Waals surface area contributed by atoms with Gasteiger partial charge in [0.05, 0.1) is 6.61 Å². The zero-order valence-electron chi connectivity index (χ0n) is 13.4. The fourth-order valence-corrected chi connectivity index (χ4v) is 2.46. The van der Waals surface area contributed by atoms with Crippen molar-refractivity contribution >= 4 is 25.0 Å². The van der Waals surface area contributed by atoms with Gasteiger partial charge >= 0.3 is 25.0 Å². The van der Waals surface area contributed by atoms with E-state index in [4.69, 9.17) is 5.11 Å². The number of carboxylic acid groups (broad SMARTS) is 1. The molecule has 0 aliphatic carbocycles. The Morgan fingerprint density at radius 1 is 0.714 bits per heavy atom. The topological polar surface area (TPSA) is 46.5 Å². The van der Waals surface area contributed by atoms with Gasteiger partial charge in [-0.1, -0.05) is 90.4 Å². The van der Waals surface area contributed by atoms with Crippen LogP contribution in [0.5, 0.6) is 0 Å². The molecule has 0 aromatic heterocycles. The van der Waals surface area contributed by atoms with Crippen molar-refractivity contribution in [1.82, 2.24) is 0 Å². The van der Waals surface area contributed by atoms with Crippen molar-refractivity contribution < 1.29 is 14.6 Å². The molecule has 0 amide bonds. The second-order valence-corrected chi connectivity index (χ2v) is 5.71. The zero-order chi connectivity index (χ0) is 14.9. The van der Waals surface area contributed by atoms with Crippen molar-refractivity contribution in [1.29, 1.82) is 0 Å². The molecule has 21 heavy (non-hydrogen) atoms. The molecular formula is C17H35LiO3. The molecule has 122 valence electrons. The Morgan fingerprint density at radius 2 is 1.05 bits per heavy atom. The van der Waals surface area contributed by atoms with Crippen LogP contribution in [0.25, 0.3) is 0 Å². The predicted molar refractivity (Wildman–Crippen MR) is 91.4 cm³/mol. The first kappa shape index (κ1) is 23.1. The molecule has 0 spiro atoms. The second kappa shape index (κ2) is 19.9. The van der Waals surface area contributed by atoms with E-state index in [9.17, 15) is 4.79 Å². The minimum absolute atomic E-state index is 0. The molecule has 0 saturated carbocycles. The van der Waals surface area contributed by atoms with Gasteiger partial charge in [-0.15, -0.1) is 0 Å². The van der Waals surface area contributed by atoms with Crippen molar-refractivity contribution in [3.63, 3.8) is 0 Å². The molecule has 4 heteroatoms. The summed E-state index contributed by atoms with van der Waals surface area (Å²) in [6, 6.07) is 0. The van der Waals surface area contributed by atoms with Crippen LogP contribution in [0.3, 0.4) is 0 Å². The SMILES string of the molecule is CCCCCCCCCCCCCCCCOC(=O)O.[LiH]. The molecule has 0 aliphatic rings. The Labute approximate surface area is 143 Å². The molecule has 0 aromatic rings. The van der Waals surface area contributed by atoms with E-state index in [1.54, 1.807) is 0 Å². The molecule has 0 rings (SSSR count). The molecule has 3 nitrogen and oxygen atoms in total. The maximum atomic E-state index is 10.1. The number of rotatable bonds is 15. The third kappa shape index (κ3) is 22.3. The number of carbonyl (C=O) groups is 1. The van der Waals surface area contributed by atoms with Crippen LogP contribution < -0.4 is 0 Å². The molecule has 0 heterocycles. The molecule has 0 unspecified atom stereocenters. The Morgan fingerprint density at radius 3 is 1.38 bits per heavy atom. The Hall–Kier alpha value is -0.133. The molecule has 0 aromatic carbocycles. The van der Waals surface area contributed by atoms with E-state index >= 15 is 0 Å². The molecular weight excluding hydrogens is 259 g/mol. The number of hydrogen-bond acceptors (Lipinski definition) is 2. The third-order valence-electron chi connectivity index (χ3n) is 3.72. The Bertz CT molecular complexity index is 210. The van der Waals surface area contributed by atoms with Gasteiger partial charge in [0.2, 0.25) is 0 Å². The minimum atomic E-state index is -1.15. The van der Waals surface area contributed by atoms with E-state index in [1.165, 1.54) is 77.0 Å². The van der Waals surface area contributed by atoms with Gasteiger partial charge in [-0.2, -0.15) is 0 Å². The summed E-state index contributed by atoms with van der Waals surface area (Å²) in [7, 11) is 0. The summed E-state index contributed by atoms with van der Waals surface area (Å²) in [4.78, 5) is 10.1. The molecule has 0 bridgehead atoms. The van der Waals surface area contributed by atoms with Crippen molar-refractivity contribution in [2.24, 2.45) is 0 Å². The van der Waals surface area contributed by atoms with E-state index in [2.05, 4.69) is 11.7 Å². The first-order valence-electron chi connectivity index (χ1n) is 8.63. The summed E-state index contributed by atoms with van der Waals surface area (Å²) in [5.41, 5.74) is 0. The Balaban J connectivity index is 0. The summed E-state index contributed by atoms with van der Waals surface area (Å²) < 4.78 is 4.47. The summed E-state index contributed by atoms with van der Waals surface area (Å²) in [5, 5.41) is 8.30. The van der Waals surface area contributed by atoms with Crippen LogP contribution in [-0.2, 0) is 4.74 Å². The van der Waals surface area contributed by atoms with Gasteiger partial charge in [0.25, 0.3) is 0 Å². The van der Waals surface area contributed by atoms with Gasteiger partial charge in [0, 0.05) is 0 Å². The monoisotopic (exact) mass is 294 g/mol. The third-order valence-corrected chi connectivity index (χ3v) is 3.72.